The van der Waals surface area contributed by atoms with Gasteiger partial charge >= 0.3 is 5.97 Å². The molecule has 3 aromatic rings. The molecule has 1 N–H and O–H groups in total. The molecule has 4 nitrogen and oxygen atoms in total. The molecule has 166 valence electrons. The highest BCUT2D eigenvalue weighted by Gasteiger charge is 2.40. The standard InChI is InChI=1S/C25H22F3NO3/c26-18-10-4-9-17(15-18)22(19-11-5-12-20(27)23(19)28)24(30)21-13-6-14-29(21)32-25(31)16-7-2-1-3-8-16/h1-5,7-12,15,21-22,24,30H,6,13-14H2/t21-,22-,24+/m1/s1. The molecular formula is C25H22F3NO3. The lowest BCUT2D eigenvalue weighted by molar-refractivity contribution is -0.143. The molecule has 0 radical (unpaired) electrons. The van der Waals surface area contributed by atoms with Crippen molar-refractivity contribution in [1.82, 2.24) is 5.06 Å². The molecule has 0 spiro atoms. The number of rotatable bonds is 6. The Bertz CT molecular complexity index is 1090. The Hall–Kier alpha value is -3.16. The number of carbonyl (C=O) groups is 1. The van der Waals surface area contributed by atoms with Gasteiger partial charge in [-0.25, -0.2) is 18.0 Å². The van der Waals surface area contributed by atoms with Crippen LogP contribution in [0.2, 0.25) is 0 Å². The molecule has 4 rings (SSSR count). The minimum Gasteiger partial charge on any atom is -0.390 e. The summed E-state index contributed by atoms with van der Waals surface area (Å²) >= 11 is 0. The summed E-state index contributed by atoms with van der Waals surface area (Å²) < 4.78 is 42.7. The Morgan fingerprint density at radius 3 is 2.50 bits per heavy atom. The van der Waals surface area contributed by atoms with Crippen molar-refractivity contribution in [3.63, 3.8) is 0 Å². The molecule has 1 aliphatic rings. The zero-order valence-corrected chi connectivity index (χ0v) is 17.1. The van der Waals surface area contributed by atoms with Crippen LogP contribution in [0.4, 0.5) is 13.2 Å². The van der Waals surface area contributed by atoms with E-state index < -0.39 is 41.5 Å². The number of hydroxylamine groups is 2. The largest absolute Gasteiger partial charge is 0.390 e. The van der Waals surface area contributed by atoms with Crippen LogP contribution in [0.15, 0.2) is 72.8 Å². The van der Waals surface area contributed by atoms with E-state index in [4.69, 9.17) is 4.84 Å². The highest BCUT2D eigenvalue weighted by molar-refractivity contribution is 5.89. The molecule has 0 bridgehead atoms. The highest BCUT2D eigenvalue weighted by Crippen LogP contribution is 2.36. The average molecular weight is 441 g/mol. The van der Waals surface area contributed by atoms with Crippen molar-refractivity contribution in [1.29, 1.82) is 0 Å². The van der Waals surface area contributed by atoms with Gasteiger partial charge in [-0.1, -0.05) is 42.5 Å². The molecule has 0 aromatic heterocycles. The summed E-state index contributed by atoms with van der Waals surface area (Å²) in [4.78, 5) is 18.0. The fraction of sp³-hybridized carbons (Fsp3) is 0.240. The summed E-state index contributed by atoms with van der Waals surface area (Å²) in [5, 5.41) is 12.7. The molecule has 0 unspecified atom stereocenters. The molecule has 7 heteroatoms. The van der Waals surface area contributed by atoms with E-state index in [2.05, 4.69) is 0 Å². The van der Waals surface area contributed by atoms with Crippen molar-refractivity contribution in [2.75, 3.05) is 6.54 Å². The van der Waals surface area contributed by atoms with Gasteiger partial charge < -0.3 is 9.94 Å². The SMILES string of the molecule is O=C(ON1CCC[C@@H]1[C@H](O)[C@H](c1cccc(F)c1)c1cccc(F)c1F)c1ccccc1. The molecule has 3 atom stereocenters. The highest BCUT2D eigenvalue weighted by atomic mass is 19.2. The molecule has 0 aliphatic carbocycles. The maximum Gasteiger partial charge on any atom is 0.357 e. The van der Waals surface area contributed by atoms with Crippen LogP contribution in [-0.2, 0) is 4.84 Å². The number of aliphatic hydroxyl groups is 1. The smallest absolute Gasteiger partial charge is 0.357 e. The molecule has 0 saturated carbocycles. The first kappa shape index (κ1) is 22.0. The summed E-state index contributed by atoms with van der Waals surface area (Å²) in [5.41, 5.74) is 0.554. The number of hydrogen-bond acceptors (Lipinski definition) is 4. The van der Waals surface area contributed by atoms with Gasteiger partial charge in [-0.2, -0.15) is 0 Å². The van der Waals surface area contributed by atoms with Crippen molar-refractivity contribution in [2.45, 2.75) is 30.9 Å². The number of hydrogen-bond donors (Lipinski definition) is 1. The van der Waals surface area contributed by atoms with E-state index in [0.29, 0.717) is 30.5 Å². The van der Waals surface area contributed by atoms with Crippen molar-refractivity contribution in [3.8, 4) is 0 Å². The van der Waals surface area contributed by atoms with Crippen molar-refractivity contribution < 1.29 is 27.9 Å². The Balaban J connectivity index is 1.66. The summed E-state index contributed by atoms with van der Waals surface area (Å²) in [6, 6.07) is 16.8. The topological polar surface area (TPSA) is 49.8 Å². The monoisotopic (exact) mass is 441 g/mol. The second-order valence-corrected chi connectivity index (χ2v) is 7.76. The van der Waals surface area contributed by atoms with Crippen molar-refractivity contribution in [2.24, 2.45) is 0 Å². The third-order valence-corrected chi connectivity index (χ3v) is 5.72. The van der Waals surface area contributed by atoms with Gasteiger partial charge in [-0.3, -0.25) is 0 Å². The first-order valence-corrected chi connectivity index (χ1v) is 10.4. The van der Waals surface area contributed by atoms with Crippen LogP contribution in [0.25, 0.3) is 0 Å². The summed E-state index contributed by atoms with van der Waals surface area (Å²) in [7, 11) is 0. The lowest BCUT2D eigenvalue weighted by Crippen LogP contribution is -2.43. The molecule has 0 amide bonds. The predicted molar refractivity (Wildman–Crippen MR) is 112 cm³/mol. The molecule has 1 fully saturated rings. The first-order chi connectivity index (χ1) is 15.5. The molecule has 32 heavy (non-hydrogen) atoms. The van der Waals surface area contributed by atoms with E-state index in [9.17, 15) is 23.1 Å². The lowest BCUT2D eigenvalue weighted by Gasteiger charge is -2.33. The van der Waals surface area contributed by atoms with Crippen LogP contribution in [0, 0.1) is 17.5 Å². The lowest BCUT2D eigenvalue weighted by atomic mass is 9.82. The van der Waals surface area contributed by atoms with Gasteiger partial charge in [0.25, 0.3) is 0 Å². The van der Waals surface area contributed by atoms with Gasteiger partial charge in [0.05, 0.1) is 17.7 Å². The van der Waals surface area contributed by atoms with Gasteiger partial charge in [0.1, 0.15) is 5.82 Å². The summed E-state index contributed by atoms with van der Waals surface area (Å²) in [5.74, 6) is -4.37. The van der Waals surface area contributed by atoms with E-state index in [1.807, 2.05) is 0 Å². The maximum absolute atomic E-state index is 14.7. The molecule has 3 aromatic carbocycles. The minimum absolute atomic E-state index is 0.0932. The Morgan fingerprint density at radius 1 is 1.00 bits per heavy atom. The van der Waals surface area contributed by atoms with Crippen molar-refractivity contribution >= 4 is 5.97 Å². The third kappa shape index (κ3) is 4.54. The number of halogens is 3. The fourth-order valence-electron chi connectivity index (χ4n) is 4.20. The average Bonchev–Trinajstić information content (AvgIpc) is 3.25. The van der Waals surface area contributed by atoms with E-state index in [1.54, 1.807) is 36.4 Å². The Kier molecular flexibility index (Phi) is 6.58. The zero-order valence-electron chi connectivity index (χ0n) is 17.1. The number of nitrogens with zero attached hydrogens (tertiary/aromatic N) is 1. The van der Waals surface area contributed by atoms with Gasteiger partial charge in [-0.15, -0.1) is 5.06 Å². The Morgan fingerprint density at radius 2 is 1.75 bits per heavy atom. The maximum atomic E-state index is 14.7. The van der Waals surface area contributed by atoms with E-state index >= 15 is 0 Å². The first-order valence-electron chi connectivity index (χ1n) is 10.4. The van der Waals surface area contributed by atoms with E-state index in [1.165, 1.54) is 35.4 Å². The molecule has 1 saturated heterocycles. The fourth-order valence-corrected chi connectivity index (χ4v) is 4.20. The van der Waals surface area contributed by atoms with Gasteiger partial charge in [0.15, 0.2) is 11.6 Å². The zero-order chi connectivity index (χ0) is 22.7. The molecule has 1 heterocycles. The second-order valence-electron chi connectivity index (χ2n) is 7.76. The van der Waals surface area contributed by atoms with Crippen LogP contribution < -0.4 is 0 Å². The number of aliphatic hydroxyl groups excluding tert-OH is 1. The van der Waals surface area contributed by atoms with Crippen LogP contribution in [0.5, 0.6) is 0 Å². The summed E-state index contributed by atoms with van der Waals surface area (Å²) in [6.07, 6.45) is -0.198. The number of carbonyl (C=O) groups excluding carboxylic acids is 1. The predicted octanol–water partition coefficient (Wildman–Crippen LogP) is 4.83. The second kappa shape index (κ2) is 9.54. The van der Waals surface area contributed by atoms with E-state index in [-0.39, 0.29) is 5.56 Å². The quantitative estimate of drug-likeness (QED) is 0.595. The minimum atomic E-state index is -1.29. The third-order valence-electron chi connectivity index (χ3n) is 5.72. The van der Waals surface area contributed by atoms with E-state index in [0.717, 1.165) is 6.07 Å². The van der Waals surface area contributed by atoms with Crippen molar-refractivity contribution in [3.05, 3.63) is 107 Å². The number of benzene rings is 3. The van der Waals surface area contributed by atoms with Crippen LogP contribution in [0.1, 0.15) is 40.2 Å². The summed E-state index contributed by atoms with van der Waals surface area (Å²) in [6.45, 7) is 0.377. The van der Waals surface area contributed by atoms with Crippen LogP contribution in [-0.4, -0.2) is 34.8 Å². The van der Waals surface area contributed by atoms with Crippen LogP contribution in [0.3, 0.4) is 0 Å². The van der Waals surface area contributed by atoms with Crippen LogP contribution >= 0.6 is 0 Å². The molecular weight excluding hydrogens is 419 g/mol. The Labute approximate surface area is 183 Å². The van der Waals surface area contributed by atoms with Gasteiger partial charge in [-0.05, 0) is 48.7 Å². The molecule has 1 aliphatic heterocycles. The normalized spacial score (nSPS) is 18.3. The van der Waals surface area contributed by atoms with Gasteiger partial charge in [0, 0.05) is 18.0 Å². The van der Waals surface area contributed by atoms with Gasteiger partial charge in [0.2, 0.25) is 0 Å².